The maximum atomic E-state index is 13.3. The summed E-state index contributed by atoms with van der Waals surface area (Å²) in [5.41, 5.74) is 11.4. The number of benzene rings is 2. The number of carbonyl (C=O) groups is 1. The van der Waals surface area contributed by atoms with Crippen molar-refractivity contribution in [2.24, 2.45) is 0 Å². The SMILES string of the molecule is Cc1ccc2c(Cc3ccc(Cl)c(C4OCCO4)c3)nccc2c1NC(=O)c1csc2c(N)ncnc12. The molecule has 1 amide bonds. The van der Waals surface area contributed by atoms with Crippen LogP contribution in [0.25, 0.3) is 21.0 Å². The average molecular weight is 532 g/mol. The minimum absolute atomic E-state index is 0.253. The molecule has 0 bridgehead atoms. The molecule has 3 aromatic heterocycles. The Morgan fingerprint density at radius 1 is 1.14 bits per heavy atom. The molecule has 2 aromatic carbocycles. The molecule has 0 aliphatic carbocycles. The fraction of sp³-hybridized carbons (Fsp3) is 0.185. The van der Waals surface area contributed by atoms with E-state index in [0.717, 1.165) is 38.8 Å². The first-order valence-electron chi connectivity index (χ1n) is 11.7. The van der Waals surface area contributed by atoms with E-state index in [0.29, 0.717) is 46.3 Å². The lowest BCUT2D eigenvalue weighted by molar-refractivity contribution is -0.0440. The van der Waals surface area contributed by atoms with Gasteiger partial charge in [0.2, 0.25) is 0 Å². The fourth-order valence-corrected chi connectivity index (χ4v) is 5.67. The monoisotopic (exact) mass is 531 g/mol. The third-order valence-corrected chi connectivity index (χ3v) is 7.74. The summed E-state index contributed by atoms with van der Waals surface area (Å²) in [6, 6.07) is 11.8. The Morgan fingerprint density at radius 3 is 2.81 bits per heavy atom. The normalized spacial score (nSPS) is 14.0. The number of thiophene rings is 1. The smallest absolute Gasteiger partial charge is 0.258 e. The third-order valence-electron chi connectivity index (χ3n) is 6.41. The number of aryl methyl sites for hydroxylation is 1. The lowest BCUT2D eigenvalue weighted by Crippen LogP contribution is -2.13. The molecule has 5 aromatic rings. The number of ether oxygens (including phenoxy) is 2. The molecule has 6 rings (SSSR count). The van der Waals surface area contributed by atoms with Crippen LogP contribution in [-0.2, 0) is 15.9 Å². The average Bonchev–Trinajstić information content (AvgIpc) is 3.58. The summed E-state index contributed by atoms with van der Waals surface area (Å²) in [6.45, 7) is 3.06. The standard InChI is InChI=1S/C27H22ClN5O3S/c1-14-2-4-16-17(22(14)33-26(34)19-12-37-24-23(19)31-13-32-25(24)29)6-7-30-21(16)11-15-3-5-20(28)18(10-15)27-35-8-9-36-27/h2-7,10,12-13,27H,8-9,11H2,1H3,(H,33,34)(H2,29,31,32). The first-order valence-corrected chi connectivity index (χ1v) is 12.9. The number of halogens is 1. The van der Waals surface area contributed by atoms with Gasteiger partial charge >= 0.3 is 0 Å². The molecule has 1 aliphatic heterocycles. The Kier molecular flexibility index (Phi) is 6.21. The summed E-state index contributed by atoms with van der Waals surface area (Å²) in [4.78, 5) is 26.3. The highest BCUT2D eigenvalue weighted by atomic mass is 35.5. The number of anilines is 2. The second-order valence-corrected chi connectivity index (χ2v) is 10.0. The minimum atomic E-state index is -0.453. The van der Waals surface area contributed by atoms with E-state index in [1.165, 1.54) is 17.7 Å². The number of carbonyl (C=O) groups excluding carboxylic acids is 1. The molecule has 1 saturated heterocycles. The minimum Gasteiger partial charge on any atom is -0.382 e. The summed E-state index contributed by atoms with van der Waals surface area (Å²) in [5.74, 6) is 0.111. The number of fused-ring (bicyclic) bond motifs is 2. The van der Waals surface area contributed by atoms with Crippen LogP contribution in [0.3, 0.4) is 0 Å². The van der Waals surface area contributed by atoms with E-state index in [-0.39, 0.29) is 5.91 Å². The Labute approximate surface area is 221 Å². The van der Waals surface area contributed by atoms with Gasteiger partial charge in [-0.2, -0.15) is 0 Å². The van der Waals surface area contributed by atoms with Gasteiger partial charge in [0.1, 0.15) is 12.1 Å². The number of nitrogen functional groups attached to an aromatic ring is 1. The van der Waals surface area contributed by atoms with Gasteiger partial charge in [-0.15, -0.1) is 11.3 Å². The summed E-state index contributed by atoms with van der Waals surface area (Å²) in [5, 5.41) is 7.33. The van der Waals surface area contributed by atoms with Crippen LogP contribution in [0.5, 0.6) is 0 Å². The number of pyridine rings is 1. The van der Waals surface area contributed by atoms with Crippen molar-refractivity contribution < 1.29 is 14.3 Å². The van der Waals surface area contributed by atoms with Gasteiger partial charge in [0, 0.05) is 39.4 Å². The second-order valence-electron chi connectivity index (χ2n) is 8.76. The van der Waals surface area contributed by atoms with E-state index in [9.17, 15) is 4.79 Å². The summed E-state index contributed by atoms with van der Waals surface area (Å²) in [6.07, 6.45) is 3.26. The first kappa shape index (κ1) is 23.7. The van der Waals surface area contributed by atoms with E-state index >= 15 is 0 Å². The van der Waals surface area contributed by atoms with Gasteiger partial charge in [0.05, 0.1) is 40.4 Å². The van der Waals surface area contributed by atoms with Crippen LogP contribution in [0, 0.1) is 6.92 Å². The van der Waals surface area contributed by atoms with Gasteiger partial charge in [-0.1, -0.05) is 29.8 Å². The van der Waals surface area contributed by atoms with Crippen molar-refractivity contribution in [2.45, 2.75) is 19.6 Å². The van der Waals surface area contributed by atoms with Gasteiger partial charge < -0.3 is 20.5 Å². The maximum absolute atomic E-state index is 13.3. The molecule has 10 heteroatoms. The van der Waals surface area contributed by atoms with Crippen molar-refractivity contribution in [3.8, 4) is 0 Å². The number of nitrogens with zero attached hydrogens (tertiary/aromatic N) is 3. The van der Waals surface area contributed by atoms with Crippen molar-refractivity contribution in [2.75, 3.05) is 24.3 Å². The first-order chi connectivity index (χ1) is 18.0. The fourth-order valence-electron chi connectivity index (χ4n) is 4.56. The summed E-state index contributed by atoms with van der Waals surface area (Å²) >= 11 is 7.77. The van der Waals surface area contributed by atoms with Crippen molar-refractivity contribution in [3.05, 3.63) is 87.3 Å². The number of nitrogens with one attached hydrogen (secondary N) is 1. The van der Waals surface area contributed by atoms with E-state index in [1.54, 1.807) is 11.6 Å². The van der Waals surface area contributed by atoms with Crippen LogP contribution in [0.1, 0.15) is 39.0 Å². The van der Waals surface area contributed by atoms with Crippen LogP contribution < -0.4 is 11.1 Å². The molecule has 8 nitrogen and oxygen atoms in total. The number of rotatable bonds is 5. The van der Waals surface area contributed by atoms with E-state index in [1.807, 2.05) is 43.3 Å². The van der Waals surface area contributed by atoms with Crippen LogP contribution in [0.15, 0.2) is 54.3 Å². The molecule has 37 heavy (non-hydrogen) atoms. The van der Waals surface area contributed by atoms with Gasteiger partial charge in [-0.25, -0.2) is 9.97 Å². The highest BCUT2D eigenvalue weighted by Crippen LogP contribution is 2.34. The van der Waals surface area contributed by atoms with Crippen molar-refractivity contribution in [3.63, 3.8) is 0 Å². The van der Waals surface area contributed by atoms with Crippen LogP contribution in [0.2, 0.25) is 5.02 Å². The third kappa shape index (κ3) is 4.40. The Morgan fingerprint density at radius 2 is 1.97 bits per heavy atom. The number of hydrogen-bond donors (Lipinski definition) is 2. The molecule has 3 N–H and O–H groups in total. The zero-order valence-corrected chi connectivity index (χ0v) is 21.4. The topological polar surface area (TPSA) is 112 Å². The number of hydrogen-bond acceptors (Lipinski definition) is 8. The number of nitrogens with two attached hydrogens (primary N) is 1. The second kappa shape index (κ2) is 9.68. The van der Waals surface area contributed by atoms with Gasteiger partial charge in [-0.05, 0) is 36.2 Å². The van der Waals surface area contributed by atoms with E-state index in [4.69, 9.17) is 26.8 Å². The van der Waals surface area contributed by atoms with E-state index < -0.39 is 6.29 Å². The summed E-state index contributed by atoms with van der Waals surface area (Å²) in [7, 11) is 0. The molecule has 1 aliphatic rings. The Bertz CT molecular complexity index is 1670. The Balaban J connectivity index is 1.34. The van der Waals surface area contributed by atoms with Gasteiger partial charge in [0.25, 0.3) is 5.91 Å². The summed E-state index contributed by atoms with van der Waals surface area (Å²) < 4.78 is 12.0. The zero-order valence-electron chi connectivity index (χ0n) is 19.8. The number of amides is 1. The molecule has 0 saturated carbocycles. The lowest BCUT2D eigenvalue weighted by Gasteiger charge is -2.15. The molecule has 186 valence electrons. The van der Waals surface area contributed by atoms with Crippen molar-refractivity contribution in [1.82, 2.24) is 15.0 Å². The van der Waals surface area contributed by atoms with Crippen LogP contribution in [0.4, 0.5) is 11.5 Å². The highest BCUT2D eigenvalue weighted by Gasteiger charge is 2.22. The zero-order chi connectivity index (χ0) is 25.5. The molecule has 4 heterocycles. The molecule has 1 fully saturated rings. The van der Waals surface area contributed by atoms with Crippen LogP contribution >= 0.6 is 22.9 Å². The van der Waals surface area contributed by atoms with Crippen LogP contribution in [-0.4, -0.2) is 34.1 Å². The van der Waals surface area contributed by atoms with Crippen molar-refractivity contribution >= 4 is 61.3 Å². The largest absolute Gasteiger partial charge is 0.382 e. The number of aromatic nitrogens is 3. The predicted molar refractivity (Wildman–Crippen MR) is 145 cm³/mol. The van der Waals surface area contributed by atoms with E-state index in [2.05, 4.69) is 20.3 Å². The maximum Gasteiger partial charge on any atom is 0.258 e. The molecule has 0 radical (unpaired) electrons. The molecular weight excluding hydrogens is 510 g/mol. The quantitative estimate of drug-likeness (QED) is 0.300. The van der Waals surface area contributed by atoms with Gasteiger partial charge in [-0.3, -0.25) is 9.78 Å². The molecule has 0 atom stereocenters. The molecular formula is C27H22ClN5O3S. The lowest BCUT2D eigenvalue weighted by atomic mass is 9.99. The predicted octanol–water partition coefficient (Wildman–Crippen LogP) is 5.67. The van der Waals surface area contributed by atoms with Gasteiger partial charge in [0.15, 0.2) is 6.29 Å². The molecule has 0 spiro atoms. The molecule has 0 unspecified atom stereocenters. The Hall–Kier alpha value is -3.63. The highest BCUT2D eigenvalue weighted by molar-refractivity contribution is 7.18. The van der Waals surface area contributed by atoms with Crippen molar-refractivity contribution in [1.29, 1.82) is 0 Å².